The van der Waals surface area contributed by atoms with Crippen LogP contribution in [0.3, 0.4) is 0 Å². The molecular formula is C16H24N2O. The van der Waals surface area contributed by atoms with Gasteiger partial charge >= 0.3 is 0 Å². The number of nitrogens with two attached hydrogens (primary N) is 1. The van der Waals surface area contributed by atoms with E-state index in [0.717, 1.165) is 42.6 Å². The Labute approximate surface area is 115 Å². The van der Waals surface area contributed by atoms with Gasteiger partial charge in [0.2, 0.25) is 0 Å². The fraction of sp³-hybridized carbons (Fsp3) is 0.562. The summed E-state index contributed by atoms with van der Waals surface area (Å²) in [6.07, 6.45) is 2.04. The number of aryl methyl sites for hydroxylation is 2. The lowest BCUT2D eigenvalue weighted by molar-refractivity contribution is 0.0679. The van der Waals surface area contributed by atoms with Crippen molar-refractivity contribution < 1.29 is 4.79 Å². The largest absolute Gasteiger partial charge is 0.339 e. The van der Waals surface area contributed by atoms with Gasteiger partial charge < -0.3 is 10.6 Å². The molecule has 1 aromatic rings. The molecule has 2 rings (SSSR count). The van der Waals surface area contributed by atoms with Crippen LogP contribution in [0.2, 0.25) is 0 Å². The molecule has 0 aliphatic carbocycles. The second kappa shape index (κ2) is 5.74. The third kappa shape index (κ3) is 2.98. The van der Waals surface area contributed by atoms with Crippen molar-refractivity contribution in [3.8, 4) is 0 Å². The summed E-state index contributed by atoms with van der Waals surface area (Å²) in [5, 5.41) is 0. The third-order valence-electron chi connectivity index (χ3n) is 4.27. The van der Waals surface area contributed by atoms with Crippen LogP contribution in [-0.2, 0) is 0 Å². The van der Waals surface area contributed by atoms with Gasteiger partial charge in [-0.2, -0.15) is 0 Å². The lowest BCUT2D eigenvalue weighted by atomic mass is 9.90. The smallest absolute Gasteiger partial charge is 0.254 e. The van der Waals surface area contributed by atoms with E-state index in [1.165, 1.54) is 0 Å². The lowest BCUT2D eigenvalue weighted by Gasteiger charge is -2.34. The second-order valence-corrected chi connectivity index (χ2v) is 5.76. The maximum Gasteiger partial charge on any atom is 0.254 e. The van der Waals surface area contributed by atoms with Crippen LogP contribution in [0.1, 0.15) is 41.3 Å². The Kier molecular flexibility index (Phi) is 4.25. The molecule has 1 heterocycles. The number of hydrogen-bond donors (Lipinski definition) is 1. The van der Waals surface area contributed by atoms with Crippen molar-refractivity contribution in [3.05, 3.63) is 34.9 Å². The highest BCUT2D eigenvalue weighted by molar-refractivity contribution is 5.97. The lowest BCUT2D eigenvalue weighted by Crippen LogP contribution is -2.42. The second-order valence-electron chi connectivity index (χ2n) is 5.76. The molecule has 104 valence electrons. The van der Waals surface area contributed by atoms with Crippen LogP contribution in [0, 0.1) is 19.8 Å². The van der Waals surface area contributed by atoms with E-state index in [1.807, 2.05) is 36.9 Å². The van der Waals surface area contributed by atoms with Gasteiger partial charge in [0.1, 0.15) is 0 Å². The summed E-state index contributed by atoms with van der Waals surface area (Å²) in [7, 11) is 0. The van der Waals surface area contributed by atoms with E-state index in [1.54, 1.807) is 0 Å². The molecule has 0 aromatic heterocycles. The number of carbonyl (C=O) groups is 1. The SMILES string of the molecule is Cc1cccc(C)c1C(=O)N1CCC(C(C)N)CC1. The Bertz CT molecular complexity index is 440. The predicted octanol–water partition coefficient (Wildman–Crippen LogP) is 2.50. The minimum atomic E-state index is 0.179. The molecule has 1 amide bonds. The summed E-state index contributed by atoms with van der Waals surface area (Å²) >= 11 is 0. The fourth-order valence-electron chi connectivity index (χ4n) is 2.94. The van der Waals surface area contributed by atoms with E-state index in [9.17, 15) is 4.79 Å². The molecule has 1 fully saturated rings. The highest BCUT2D eigenvalue weighted by atomic mass is 16.2. The van der Waals surface area contributed by atoms with E-state index >= 15 is 0 Å². The molecule has 2 N–H and O–H groups in total. The highest BCUT2D eigenvalue weighted by Gasteiger charge is 2.26. The molecular weight excluding hydrogens is 236 g/mol. The van der Waals surface area contributed by atoms with Crippen molar-refractivity contribution in [2.45, 2.75) is 39.7 Å². The molecule has 1 aliphatic rings. The monoisotopic (exact) mass is 260 g/mol. The van der Waals surface area contributed by atoms with Gasteiger partial charge in [-0.05, 0) is 50.7 Å². The van der Waals surface area contributed by atoms with Crippen molar-refractivity contribution in [2.75, 3.05) is 13.1 Å². The summed E-state index contributed by atoms with van der Waals surface area (Å²) in [6.45, 7) is 7.75. The van der Waals surface area contributed by atoms with Crippen molar-refractivity contribution in [1.29, 1.82) is 0 Å². The standard InChI is InChI=1S/C16H24N2O/c1-11-5-4-6-12(2)15(11)16(19)18-9-7-14(8-10-18)13(3)17/h4-6,13-14H,7-10,17H2,1-3H3. The van der Waals surface area contributed by atoms with Crippen LogP contribution < -0.4 is 5.73 Å². The Morgan fingerprint density at radius 3 is 2.26 bits per heavy atom. The zero-order valence-corrected chi connectivity index (χ0v) is 12.1. The van der Waals surface area contributed by atoms with Gasteiger partial charge in [0.15, 0.2) is 0 Å². The molecule has 19 heavy (non-hydrogen) atoms. The molecule has 3 heteroatoms. The number of piperidine rings is 1. The van der Waals surface area contributed by atoms with Crippen molar-refractivity contribution in [3.63, 3.8) is 0 Å². The van der Waals surface area contributed by atoms with Crippen LogP contribution >= 0.6 is 0 Å². The molecule has 3 nitrogen and oxygen atoms in total. The van der Waals surface area contributed by atoms with Gasteiger partial charge in [-0.3, -0.25) is 4.79 Å². The highest BCUT2D eigenvalue weighted by Crippen LogP contribution is 2.23. The van der Waals surface area contributed by atoms with Gasteiger partial charge in [0, 0.05) is 24.7 Å². The number of benzene rings is 1. The molecule has 0 radical (unpaired) electrons. The first-order chi connectivity index (χ1) is 9.00. The summed E-state index contributed by atoms with van der Waals surface area (Å²) in [5.74, 6) is 0.737. The van der Waals surface area contributed by atoms with Gasteiger partial charge in [-0.1, -0.05) is 18.2 Å². The predicted molar refractivity (Wildman–Crippen MR) is 78.2 cm³/mol. The van der Waals surface area contributed by atoms with Gasteiger partial charge in [-0.25, -0.2) is 0 Å². The fourth-order valence-corrected chi connectivity index (χ4v) is 2.94. The molecule has 1 unspecified atom stereocenters. The first kappa shape index (κ1) is 14.1. The summed E-state index contributed by atoms with van der Waals surface area (Å²) in [5.41, 5.74) is 8.96. The Hall–Kier alpha value is -1.35. The van der Waals surface area contributed by atoms with Gasteiger partial charge in [0.05, 0.1) is 0 Å². The molecule has 1 aliphatic heterocycles. The number of carbonyl (C=O) groups excluding carboxylic acids is 1. The van der Waals surface area contributed by atoms with Crippen LogP contribution in [0.4, 0.5) is 0 Å². The molecule has 0 bridgehead atoms. The number of rotatable bonds is 2. The van der Waals surface area contributed by atoms with Crippen molar-refractivity contribution in [1.82, 2.24) is 4.90 Å². The third-order valence-corrected chi connectivity index (χ3v) is 4.27. The number of nitrogens with zero attached hydrogens (tertiary/aromatic N) is 1. The minimum Gasteiger partial charge on any atom is -0.339 e. The van der Waals surface area contributed by atoms with E-state index < -0.39 is 0 Å². The zero-order valence-electron chi connectivity index (χ0n) is 12.1. The van der Waals surface area contributed by atoms with Crippen LogP contribution in [0.15, 0.2) is 18.2 Å². The van der Waals surface area contributed by atoms with E-state index in [4.69, 9.17) is 5.73 Å². The van der Waals surface area contributed by atoms with E-state index in [0.29, 0.717) is 5.92 Å². The Morgan fingerprint density at radius 1 is 1.26 bits per heavy atom. The Balaban J connectivity index is 2.10. The summed E-state index contributed by atoms with van der Waals surface area (Å²) in [4.78, 5) is 14.6. The first-order valence-electron chi connectivity index (χ1n) is 7.11. The summed E-state index contributed by atoms with van der Waals surface area (Å²) < 4.78 is 0. The molecule has 1 atom stereocenters. The van der Waals surface area contributed by atoms with Crippen LogP contribution in [-0.4, -0.2) is 29.9 Å². The number of hydrogen-bond acceptors (Lipinski definition) is 2. The molecule has 1 aromatic carbocycles. The van der Waals surface area contributed by atoms with E-state index in [2.05, 4.69) is 6.92 Å². The first-order valence-corrected chi connectivity index (χ1v) is 7.11. The molecule has 0 spiro atoms. The number of amides is 1. The number of likely N-dealkylation sites (tertiary alicyclic amines) is 1. The average Bonchev–Trinajstić information content (AvgIpc) is 2.38. The topological polar surface area (TPSA) is 46.3 Å². The summed E-state index contributed by atoms with van der Waals surface area (Å²) in [6, 6.07) is 6.26. The van der Waals surface area contributed by atoms with E-state index in [-0.39, 0.29) is 11.9 Å². The van der Waals surface area contributed by atoms with Gasteiger partial charge in [0.25, 0.3) is 5.91 Å². The molecule has 0 saturated carbocycles. The maximum absolute atomic E-state index is 12.6. The van der Waals surface area contributed by atoms with Gasteiger partial charge in [-0.15, -0.1) is 0 Å². The average molecular weight is 260 g/mol. The van der Waals surface area contributed by atoms with Crippen LogP contribution in [0.25, 0.3) is 0 Å². The van der Waals surface area contributed by atoms with Crippen LogP contribution in [0.5, 0.6) is 0 Å². The normalized spacial score (nSPS) is 18.4. The Morgan fingerprint density at radius 2 is 1.79 bits per heavy atom. The molecule has 1 saturated heterocycles. The quantitative estimate of drug-likeness (QED) is 0.888. The maximum atomic E-state index is 12.6. The zero-order chi connectivity index (χ0) is 14.0. The van der Waals surface area contributed by atoms with Crippen molar-refractivity contribution in [2.24, 2.45) is 11.7 Å². The van der Waals surface area contributed by atoms with Crippen molar-refractivity contribution >= 4 is 5.91 Å². The minimum absolute atomic E-state index is 0.179.